The van der Waals surface area contributed by atoms with Crippen molar-refractivity contribution in [1.29, 1.82) is 0 Å². The second-order valence-electron chi connectivity index (χ2n) is 7.16. The number of benzene rings is 1. The zero-order valence-corrected chi connectivity index (χ0v) is 17.8. The number of nitrogens with zero attached hydrogens (tertiary/aromatic N) is 1. The molecule has 1 atom stereocenters. The van der Waals surface area contributed by atoms with Crippen molar-refractivity contribution < 1.29 is 13.2 Å². The molecule has 2 N–H and O–H groups in total. The van der Waals surface area contributed by atoms with E-state index in [2.05, 4.69) is 15.3 Å². The molecule has 0 spiro atoms. The highest BCUT2D eigenvalue weighted by atomic mass is 35.5. The molecule has 1 saturated carbocycles. The number of amides is 1. The van der Waals surface area contributed by atoms with Crippen molar-refractivity contribution in [3.8, 4) is 0 Å². The first-order chi connectivity index (χ1) is 13.2. The molecule has 0 radical (unpaired) electrons. The highest BCUT2D eigenvalue weighted by molar-refractivity contribution is 7.90. The number of carbonyl (C=O) groups is 1. The Morgan fingerprint density at radius 1 is 1.39 bits per heavy atom. The Hall–Kier alpha value is -1.77. The summed E-state index contributed by atoms with van der Waals surface area (Å²) in [4.78, 5) is 19.7. The number of H-pyrrole nitrogens is 1. The van der Waals surface area contributed by atoms with Crippen molar-refractivity contribution >= 4 is 45.4 Å². The summed E-state index contributed by atoms with van der Waals surface area (Å²) in [5, 5.41) is 2.98. The van der Waals surface area contributed by atoms with Crippen LogP contribution in [0.2, 0.25) is 5.02 Å². The molecule has 0 saturated heterocycles. The number of halogens is 1. The van der Waals surface area contributed by atoms with E-state index >= 15 is 0 Å². The van der Waals surface area contributed by atoms with Crippen LogP contribution in [0.15, 0.2) is 35.5 Å². The van der Waals surface area contributed by atoms with E-state index in [1.54, 1.807) is 18.3 Å². The van der Waals surface area contributed by atoms with Crippen molar-refractivity contribution in [3.05, 3.63) is 45.8 Å². The molecular formula is C19H22ClN3O3S2. The number of anilines is 1. The van der Waals surface area contributed by atoms with Gasteiger partial charge in [0.2, 0.25) is 5.91 Å². The molecule has 1 aliphatic carbocycles. The third-order valence-corrected chi connectivity index (χ3v) is 6.90. The Morgan fingerprint density at radius 2 is 2.11 bits per heavy atom. The van der Waals surface area contributed by atoms with Gasteiger partial charge in [0.15, 0.2) is 9.84 Å². The number of hydrogen-bond acceptors (Lipinski definition) is 5. The Bertz CT molecular complexity index is 1010. The minimum absolute atomic E-state index is 0.0317. The smallest absolute Gasteiger partial charge is 0.226 e. The van der Waals surface area contributed by atoms with Crippen LogP contribution < -0.4 is 5.32 Å². The Morgan fingerprint density at radius 3 is 2.68 bits per heavy atom. The van der Waals surface area contributed by atoms with Crippen molar-refractivity contribution in [1.82, 2.24) is 9.97 Å². The van der Waals surface area contributed by atoms with Gasteiger partial charge in [0.05, 0.1) is 16.1 Å². The van der Waals surface area contributed by atoms with Crippen molar-refractivity contribution in [2.24, 2.45) is 5.92 Å². The summed E-state index contributed by atoms with van der Waals surface area (Å²) in [7, 11) is -3.39. The molecule has 1 fully saturated rings. The van der Waals surface area contributed by atoms with Crippen LogP contribution in [0.4, 0.5) is 5.82 Å². The third kappa shape index (κ3) is 5.18. The molecule has 1 aromatic carbocycles. The maximum atomic E-state index is 12.6. The molecule has 3 rings (SSSR count). The SMILES string of the molecule is CS(=O)(=O)c1ccc(C(CC(=O)Nc2c[nH]c(=S)cn2)C2CCCC2)cc1Cl. The molecule has 6 nitrogen and oxygen atoms in total. The number of rotatable bonds is 6. The highest BCUT2D eigenvalue weighted by Gasteiger charge is 2.29. The number of aromatic amines is 1. The number of nitrogens with one attached hydrogen (secondary N) is 2. The molecule has 0 bridgehead atoms. The summed E-state index contributed by atoms with van der Waals surface area (Å²) in [5.41, 5.74) is 0.889. The molecule has 2 aromatic rings. The monoisotopic (exact) mass is 439 g/mol. The van der Waals surface area contributed by atoms with Crippen LogP contribution in [0, 0.1) is 10.6 Å². The predicted octanol–water partition coefficient (Wildman–Crippen LogP) is 4.50. The summed E-state index contributed by atoms with van der Waals surface area (Å²) in [6.07, 6.45) is 8.79. The van der Waals surface area contributed by atoms with E-state index in [4.69, 9.17) is 23.8 Å². The molecule has 1 aliphatic rings. The molecule has 1 amide bonds. The zero-order chi connectivity index (χ0) is 20.3. The quantitative estimate of drug-likeness (QED) is 0.646. The maximum absolute atomic E-state index is 12.6. The number of sulfone groups is 1. The van der Waals surface area contributed by atoms with Gasteiger partial charge >= 0.3 is 0 Å². The van der Waals surface area contributed by atoms with Crippen molar-refractivity contribution in [2.75, 3.05) is 11.6 Å². The average Bonchev–Trinajstić information content (AvgIpc) is 3.15. The number of carbonyl (C=O) groups excluding carboxylic acids is 1. The lowest BCUT2D eigenvalue weighted by atomic mass is 9.82. The summed E-state index contributed by atoms with van der Waals surface area (Å²) in [5.74, 6) is 0.587. The van der Waals surface area contributed by atoms with E-state index in [1.165, 1.54) is 12.3 Å². The lowest BCUT2D eigenvalue weighted by Gasteiger charge is -2.24. The second kappa shape index (κ2) is 8.71. The van der Waals surface area contributed by atoms with Gasteiger partial charge in [-0.1, -0.05) is 42.7 Å². The zero-order valence-electron chi connectivity index (χ0n) is 15.4. The van der Waals surface area contributed by atoms with Crippen LogP contribution in [0.5, 0.6) is 0 Å². The molecule has 1 unspecified atom stereocenters. The Kier molecular flexibility index (Phi) is 6.52. The summed E-state index contributed by atoms with van der Waals surface area (Å²) in [6, 6.07) is 4.99. The van der Waals surface area contributed by atoms with Gasteiger partial charge < -0.3 is 10.3 Å². The first kappa shape index (κ1) is 21.0. The van der Waals surface area contributed by atoms with Crippen LogP contribution in [0.1, 0.15) is 43.6 Å². The fourth-order valence-corrected chi connectivity index (χ4v) is 5.22. The van der Waals surface area contributed by atoms with Gasteiger partial charge in [-0.2, -0.15) is 0 Å². The van der Waals surface area contributed by atoms with Crippen molar-refractivity contribution in [3.63, 3.8) is 0 Å². The first-order valence-corrected chi connectivity index (χ1v) is 11.8. The van der Waals surface area contributed by atoms with Crippen LogP contribution in [0.3, 0.4) is 0 Å². The highest BCUT2D eigenvalue weighted by Crippen LogP contribution is 2.40. The molecule has 1 heterocycles. The minimum Gasteiger partial charge on any atom is -0.348 e. The molecular weight excluding hydrogens is 418 g/mol. The van der Waals surface area contributed by atoms with E-state index in [9.17, 15) is 13.2 Å². The van der Waals surface area contributed by atoms with Crippen LogP contribution in [-0.2, 0) is 14.6 Å². The van der Waals surface area contributed by atoms with Crippen LogP contribution in [0.25, 0.3) is 0 Å². The molecule has 1 aromatic heterocycles. The molecule has 150 valence electrons. The summed E-state index contributed by atoms with van der Waals surface area (Å²) >= 11 is 11.2. The maximum Gasteiger partial charge on any atom is 0.226 e. The Balaban J connectivity index is 1.83. The van der Waals surface area contributed by atoms with Gasteiger partial charge in [0.25, 0.3) is 0 Å². The van der Waals surface area contributed by atoms with Gasteiger partial charge in [-0.25, -0.2) is 13.4 Å². The van der Waals surface area contributed by atoms with E-state index in [1.807, 2.05) is 0 Å². The lowest BCUT2D eigenvalue weighted by Crippen LogP contribution is -2.20. The molecule has 0 aliphatic heterocycles. The van der Waals surface area contributed by atoms with E-state index < -0.39 is 9.84 Å². The summed E-state index contributed by atoms with van der Waals surface area (Å²) in [6.45, 7) is 0. The average molecular weight is 440 g/mol. The number of hydrogen-bond donors (Lipinski definition) is 2. The molecule has 9 heteroatoms. The Labute approximate surface area is 174 Å². The number of aromatic nitrogens is 2. The minimum atomic E-state index is -3.39. The van der Waals surface area contributed by atoms with E-state index in [0.717, 1.165) is 37.5 Å². The van der Waals surface area contributed by atoms with E-state index in [0.29, 0.717) is 16.4 Å². The fraction of sp³-hybridized carbons (Fsp3) is 0.421. The van der Waals surface area contributed by atoms with Gasteiger partial charge in [-0.05, 0) is 42.4 Å². The second-order valence-corrected chi connectivity index (χ2v) is 9.99. The third-order valence-electron chi connectivity index (χ3n) is 5.10. The predicted molar refractivity (Wildman–Crippen MR) is 112 cm³/mol. The summed E-state index contributed by atoms with van der Waals surface area (Å²) < 4.78 is 24.1. The van der Waals surface area contributed by atoms with Gasteiger partial charge in [0.1, 0.15) is 10.5 Å². The van der Waals surface area contributed by atoms with Gasteiger partial charge in [0, 0.05) is 18.9 Å². The topological polar surface area (TPSA) is 91.9 Å². The largest absolute Gasteiger partial charge is 0.348 e. The van der Waals surface area contributed by atoms with Gasteiger partial charge in [-0.3, -0.25) is 4.79 Å². The molecule has 28 heavy (non-hydrogen) atoms. The lowest BCUT2D eigenvalue weighted by molar-refractivity contribution is -0.116. The fourth-order valence-electron chi connectivity index (χ4n) is 3.77. The van der Waals surface area contributed by atoms with Crippen LogP contribution in [-0.4, -0.2) is 30.5 Å². The van der Waals surface area contributed by atoms with Crippen molar-refractivity contribution in [2.45, 2.75) is 42.9 Å². The van der Waals surface area contributed by atoms with Gasteiger partial charge in [-0.15, -0.1) is 0 Å². The normalized spacial score (nSPS) is 16.1. The first-order valence-electron chi connectivity index (χ1n) is 9.08. The van der Waals surface area contributed by atoms with Crippen LogP contribution >= 0.6 is 23.8 Å². The standard InChI is InChI=1S/C19H22ClN3O3S2/c1-28(25,26)16-7-6-13(8-15(16)20)14(12-4-2-3-5-12)9-18(24)23-17-10-22-19(27)11-21-17/h6-8,10-12,14H,2-5,9H2,1H3,(H,22,27)(H,21,23,24). The van der Waals surface area contributed by atoms with E-state index in [-0.39, 0.29) is 28.2 Å².